The molecule has 20 atom stereocenters. The number of benzene rings is 4. The Labute approximate surface area is 660 Å². The molecule has 8 heterocycles. The Morgan fingerprint density at radius 3 is 0.903 bits per heavy atom. The van der Waals surface area contributed by atoms with Gasteiger partial charge in [-0.15, -0.1) is 0 Å². The van der Waals surface area contributed by atoms with Gasteiger partial charge in [0.25, 0.3) is 0 Å². The molecule has 0 radical (unpaired) electrons. The van der Waals surface area contributed by atoms with Crippen LogP contribution in [0.5, 0.6) is 0 Å². The van der Waals surface area contributed by atoms with E-state index >= 15 is 0 Å². The fourth-order valence-corrected chi connectivity index (χ4v) is 21.4. The van der Waals surface area contributed by atoms with Gasteiger partial charge < -0.3 is 63.1 Å². The number of halogens is 8. The lowest BCUT2D eigenvalue weighted by Gasteiger charge is -2.39. The first-order valence-corrected chi connectivity index (χ1v) is 42.0. The molecule has 0 spiro atoms. The van der Waals surface area contributed by atoms with Crippen LogP contribution in [0.15, 0.2) is 72.8 Å². The zero-order valence-corrected chi connectivity index (χ0v) is 66.1. The third-order valence-electron chi connectivity index (χ3n) is 27.2. The first kappa shape index (κ1) is 83.7. The quantitative estimate of drug-likeness (QED) is 0.0486. The number of nitrogens with two attached hydrogens (primary N) is 4. The summed E-state index contributed by atoms with van der Waals surface area (Å²) in [4.78, 5) is 45.1. The molecule has 8 aliphatic heterocycles. The topological polar surface area (TPSA) is 253 Å². The maximum atomic E-state index is 14.1. The highest BCUT2D eigenvalue weighted by molar-refractivity contribution is 5.81. The average molecular weight is 1590 g/mol. The van der Waals surface area contributed by atoms with E-state index in [0.717, 1.165) is 177 Å². The monoisotopic (exact) mass is 1580 g/mol. The van der Waals surface area contributed by atoms with Gasteiger partial charge in [-0.25, -0.2) is 35.1 Å². The van der Waals surface area contributed by atoms with Gasteiger partial charge >= 0.3 is 0 Å². The molecular weight excluding hydrogens is 1470 g/mol. The second-order valence-corrected chi connectivity index (χ2v) is 36.4. The van der Waals surface area contributed by atoms with Gasteiger partial charge in [-0.3, -0.25) is 34.0 Å². The fraction of sp³-hybridized carbons (Fsp3) is 0.686. The molecule has 19 nitrogen and oxygen atoms in total. The van der Waals surface area contributed by atoms with E-state index in [4.69, 9.17) is 41.9 Å². The van der Waals surface area contributed by atoms with E-state index in [-0.39, 0.29) is 106 Å². The Hall–Kier alpha value is -5.79. The highest BCUT2D eigenvalue weighted by Gasteiger charge is 2.50. The number of carbonyl (C=O) groups excluding carboxylic acids is 3. The number of rotatable bonds is 16. The highest BCUT2D eigenvalue weighted by Crippen LogP contribution is 2.47. The van der Waals surface area contributed by atoms with Crippen molar-refractivity contribution < 1.29 is 68.5 Å². The van der Waals surface area contributed by atoms with Crippen LogP contribution in [0.3, 0.4) is 0 Å². The molecule has 17 rings (SSSR count). The number of nitrogens with one attached hydrogen (secondary N) is 4. The molecule has 622 valence electrons. The van der Waals surface area contributed by atoms with Crippen LogP contribution in [0.4, 0.5) is 35.1 Å². The summed E-state index contributed by atoms with van der Waals surface area (Å²) in [7, 11) is 0. The van der Waals surface area contributed by atoms with E-state index in [1.165, 1.54) is 37.1 Å². The largest absolute Gasteiger partial charge is 0.370 e. The molecule has 13 aliphatic rings. The van der Waals surface area contributed by atoms with Gasteiger partial charge in [-0.05, 0) is 222 Å². The van der Waals surface area contributed by atoms with Crippen molar-refractivity contribution in [3.63, 3.8) is 0 Å². The molecular formula is C86H120F8N12O7. The molecule has 8 saturated heterocycles. The summed E-state index contributed by atoms with van der Waals surface area (Å²) in [6, 6.07) is 14.8. The minimum atomic E-state index is -0.611. The van der Waals surface area contributed by atoms with Crippen LogP contribution < -0.4 is 44.2 Å². The molecule has 12 N–H and O–H groups in total. The van der Waals surface area contributed by atoms with Crippen LogP contribution in [-0.2, 0) is 33.3 Å². The Bertz CT molecular complexity index is 3750. The summed E-state index contributed by atoms with van der Waals surface area (Å²) in [6.45, 7) is 21.1. The fourth-order valence-electron chi connectivity index (χ4n) is 21.4. The van der Waals surface area contributed by atoms with E-state index in [1.807, 2.05) is 13.8 Å². The smallest absolute Gasteiger partial charge is 0.223 e. The Balaban J connectivity index is 0.000000125. The first-order valence-electron chi connectivity index (χ1n) is 42.0. The van der Waals surface area contributed by atoms with Crippen molar-refractivity contribution in [1.82, 2.24) is 40.9 Å². The van der Waals surface area contributed by atoms with Crippen LogP contribution in [0.2, 0.25) is 0 Å². The summed E-state index contributed by atoms with van der Waals surface area (Å²) in [5, 5.41) is 13.2. The minimum Gasteiger partial charge on any atom is -0.370 e. The normalized spacial score (nSPS) is 36.3. The molecule has 113 heavy (non-hydrogen) atoms. The lowest BCUT2D eigenvalue weighted by atomic mass is 9.93. The number of hydrogen-bond donors (Lipinski definition) is 8. The molecule has 0 bridgehead atoms. The van der Waals surface area contributed by atoms with E-state index in [1.54, 1.807) is 6.92 Å². The lowest BCUT2D eigenvalue weighted by molar-refractivity contribution is -0.125. The van der Waals surface area contributed by atoms with E-state index in [9.17, 15) is 49.5 Å². The van der Waals surface area contributed by atoms with Gasteiger partial charge in [0.15, 0.2) is 0 Å². The summed E-state index contributed by atoms with van der Waals surface area (Å²) >= 11 is 0. The van der Waals surface area contributed by atoms with Crippen molar-refractivity contribution >= 4 is 17.7 Å². The summed E-state index contributed by atoms with van der Waals surface area (Å²) in [6.07, 6.45) is 11.3. The summed E-state index contributed by atoms with van der Waals surface area (Å²) in [5.41, 5.74) is 26.1. The highest BCUT2D eigenvalue weighted by atomic mass is 19.2. The van der Waals surface area contributed by atoms with Crippen molar-refractivity contribution in [3.05, 3.63) is 142 Å². The minimum absolute atomic E-state index is 0.0173. The summed E-state index contributed by atoms with van der Waals surface area (Å²) in [5.74, 6) is 2.69. The SMILES string of the molecule is CC(=O)NC1CC2CN([C@H]3CO[C@H](c4cc(F)ccc4F)[C@@H](N)C3)CC2C1.CC(C)C(=O)NC1CC2CN([C@H]3CO[C@H](c4cc(F)ccc4F)[C@@H](N)C3)CC2C1.CC(C)CNC1CC2CN([C@H]3CO[C@H](c4cc(F)ccc4F)[C@@H](N)C3)CC2C1.N[C@H]1C[C@@H](N2CC3CC(NC(=O)C4CC4)CC3C2)CO[C@@H]1c1cc(F)ccc1F. The van der Waals surface area contributed by atoms with E-state index in [2.05, 4.69) is 54.7 Å². The zero-order valence-electron chi connectivity index (χ0n) is 66.1. The predicted octanol–water partition coefficient (Wildman–Crippen LogP) is 10.0. The van der Waals surface area contributed by atoms with Crippen molar-refractivity contribution in [2.24, 2.45) is 88.0 Å². The van der Waals surface area contributed by atoms with Crippen LogP contribution in [-0.4, -0.2) is 195 Å². The van der Waals surface area contributed by atoms with Crippen LogP contribution in [0.25, 0.3) is 0 Å². The van der Waals surface area contributed by atoms with Crippen molar-refractivity contribution in [1.29, 1.82) is 0 Å². The Kier molecular flexibility index (Phi) is 27.1. The second kappa shape index (κ2) is 36.6. The van der Waals surface area contributed by atoms with Gasteiger partial charge in [0.2, 0.25) is 17.7 Å². The summed E-state index contributed by atoms with van der Waals surface area (Å²) < 4.78 is 134. The van der Waals surface area contributed by atoms with Gasteiger partial charge in [0.05, 0.1) is 26.4 Å². The lowest BCUT2D eigenvalue weighted by Crippen LogP contribution is -2.49. The van der Waals surface area contributed by atoms with Crippen molar-refractivity contribution in [3.8, 4) is 0 Å². The Morgan fingerprint density at radius 2 is 0.655 bits per heavy atom. The van der Waals surface area contributed by atoms with Crippen LogP contribution in [0.1, 0.15) is 171 Å². The second-order valence-electron chi connectivity index (χ2n) is 36.4. The van der Waals surface area contributed by atoms with Crippen molar-refractivity contribution in [2.45, 2.75) is 221 Å². The van der Waals surface area contributed by atoms with E-state index in [0.29, 0.717) is 105 Å². The first-order chi connectivity index (χ1) is 54.1. The average Bonchev–Trinajstić information content (AvgIpc) is 1.73. The standard InChI is InChI=1S/C22H29F2N3O2.C22H31F2N3O2.C22H33F2N3O.C20H27F2N3O2/c23-15-3-4-19(24)18(7-15)21-20(25)8-17(11-29-21)27-9-13-5-16(6-14(13)10-27)26-22(28)12-1-2-12;1-12(2)22(28)26-16-5-13-9-27(10-14(13)6-16)17-8-20(25)21(29-11-17)18-7-15(23)3-4-19(18)24;1-13(2)9-26-17-5-14-10-27(11-15(14)6-17)18-8-21(25)22(28-12-18)19-7-16(23)3-4-20(19)24;1-11(26)24-15-4-12-8-25(9-13(12)5-15)16-7-19(23)20(27-10-16)17-6-14(21)2-3-18(17)22/h3-4,7,12-14,16-17,20-21H,1-2,5-6,8-11,25H2,(H,26,28);3-4,7,12-14,16-17,20-21H,5-6,8-11,25H2,1-2H3,(H,26,28);3-4,7,13-15,17-18,21-22,26H,5-6,8-12,25H2,1-2H3;2-3,6,12-13,15-16,19-20H,4-5,7-10,23H2,1H3,(H,24,26)/t2*13?,14?,16?,17-,20+,21-;14?,15?,17?,18-,21+,22-;12?,13?,15?,16-,19+,20-/m1111/s1. The third-order valence-corrected chi connectivity index (χ3v) is 27.2. The number of likely N-dealkylation sites (tertiary alicyclic amines) is 4. The number of carbonyl (C=O) groups is 3. The van der Waals surface area contributed by atoms with Gasteiger partial charge in [0.1, 0.15) is 71.0 Å². The maximum absolute atomic E-state index is 14.1. The molecule has 13 fully saturated rings. The molecule has 4 aromatic rings. The van der Waals surface area contributed by atoms with E-state index < -0.39 is 71.0 Å². The molecule has 5 aliphatic carbocycles. The van der Waals surface area contributed by atoms with Crippen molar-refractivity contribution in [2.75, 3.05) is 85.3 Å². The third kappa shape index (κ3) is 20.3. The van der Waals surface area contributed by atoms with Gasteiger partial charge in [-0.1, -0.05) is 27.7 Å². The van der Waals surface area contributed by atoms with Crippen LogP contribution >= 0.6 is 0 Å². The van der Waals surface area contributed by atoms with Crippen LogP contribution in [0, 0.1) is 112 Å². The number of nitrogens with zero attached hydrogens (tertiary/aromatic N) is 4. The van der Waals surface area contributed by atoms with Gasteiger partial charge in [0, 0.05) is 166 Å². The number of fused-ring (bicyclic) bond motifs is 4. The predicted molar refractivity (Wildman–Crippen MR) is 413 cm³/mol. The number of amides is 3. The number of hydrogen-bond acceptors (Lipinski definition) is 16. The molecule has 27 heteroatoms. The molecule has 8 unspecified atom stereocenters. The molecule has 5 saturated carbocycles. The molecule has 4 aromatic carbocycles. The number of ether oxygens (including phenoxy) is 4. The molecule has 3 amide bonds. The molecule has 0 aromatic heterocycles. The maximum Gasteiger partial charge on any atom is 0.223 e. The van der Waals surface area contributed by atoms with Gasteiger partial charge in [-0.2, -0.15) is 0 Å². The zero-order chi connectivity index (χ0) is 79.8. The Morgan fingerprint density at radius 1 is 0.389 bits per heavy atom.